The molecular weight excluding hydrogens is 292 g/mol. The Kier molecular flexibility index (Phi) is 3.90. The maximum atomic E-state index is 11.7. The van der Waals surface area contributed by atoms with Crippen molar-refractivity contribution in [1.29, 1.82) is 0 Å². The summed E-state index contributed by atoms with van der Waals surface area (Å²) in [5, 5.41) is 4.74. The highest BCUT2D eigenvalue weighted by molar-refractivity contribution is 7.91. The maximum Gasteiger partial charge on any atom is 0.150 e. The van der Waals surface area contributed by atoms with Crippen LogP contribution in [0.25, 0.3) is 0 Å². The maximum absolute atomic E-state index is 11.7. The lowest BCUT2D eigenvalue weighted by molar-refractivity contribution is 0.299. The molecule has 1 fully saturated rings. The molecule has 1 N–H and O–H groups in total. The monoisotopic (exact) mass is 314 g/mol. The van der Waals surface area contributed by atoms with Crippen LogP contribution in [-0.2, 0) is 28.2 Å². The minimum Gasteiger partial charge on any atom is -0.305 e. The molecule has 1 aliphatic carbocycles. The second kappa shape index (κ2) is 5.39. The molecule has 1 aliphatic heterocycles. The minimum atomic E-state index is -2.84. The van der Waals surface area contributed by atoms with E-state index in [-0.39, 0.29) is 17.0 Å². The van der Waals surface area contributed by atoms with Crippen molar-refractivity contribution in [3.8, 4) is 0 Å². The molecular formula is C14H22N2O2S2. The number of aryl methyl sites for hydroxylation is 2. The molecule has 0 radical (unpaired) electrons. The van der Waals surface area contributed by atoms with Crippen molar-refractivity contribution in [3.63, 3.8) is 0 Å². The van der Waals surface area contributed by atoms with Crippen molar-refractivity contribution in [1.82, 2.24) is 10.3 Å². The van der Waals surface area contributed by atoms with Crippen LogP contribution in [0.4, 0.5) is 0 Å². The molecule has 3 rings (SSSR count). The Morgan fingerprint density at radius 3 is 2.70 bits per heavy atom. The number of aromatic nitrogens is 1. The number of thiazole rings is 1. The zero-order valence-corrected chi connectivity index (χ0v) is 13.6. The molecule has 112 valence electrons. The van der Waals surface area contributed by atoms with Gasteiger partial charge in [-0.3, -0.25) is 0 Å². The lowest BCUT2D eigenvalue weighted by atomic mass is 9.92. The molecule has 0 spiro atoms. The molecule has 1 aromatic rings. The summed E-state index contributed by atoms with van der Waals surface area (Å²) >= 11 is 1.81. The summed E-state index contributed by atoms with van der Waals surface area (Å²) in [6, 6.07) is 0. The highest BCUT2D eigenvalue weighted by atomic mass is 32.2. The van der Waals surface area contributed by atoms with Crippen LogP contribution in [0.5, 0.6) is 0 Å². The van der Waals surface area contributed by atoms with E-state index < -0.39 is 9.84 Å². The number of hydrogen-bond donors (Lipinski definition) is 1. The molecule has 1 saturated heterocycles. The zero-order valence-electron chi connectivity index (χ0n) is 11.9. The molecule has 0 atom stereocenters. The Bertz CT molecular complexity index is 557. The van der Waals surface area contributed by atoms with Crippen LogP contribution in [0.1, 0.15) is 48.2 Å². The fourth-order valence-corrected chi connectivity index (χ4v) is 6.01. The van der Waals surface area contributed by atoms with Gasteiger partial charge in [0.05, 0.1) is 22.7 Å². The van der Waals surface area contributed by atoms with E-state index in [0.29, 0.717) is 12.8 Å². The predicted molar refractivity (Wildman–Crippen MR) is 82.0 cm³/mol. The van der Waals surface area contributed by atoms with Gasteiger partial charge in [0, 0.05) is 4.88 Å². The molecule has 0 unspecified atom stereocenters. The fraction of sp³-hybridized carbons (Fsp3) is 0.786. The van der Waals surface area contributed by atoms with Gasteiger partial charge in [0.15, 0.2) is 0 Å². The van der Waals surface area contributed by atoms with Gasteiger partial charge in [-0.1, -0.05) is 6.92 Å². The van der Waals surface area contributed by atoms with Crippen LogP contribution in [0.2, 0.25) is 0 Å². The number of sulfone groups is 1. The number of nitrogens with one attached hydrogen (secondary N) is 1. The fourth-order valence-electron chi connectivity index (χ4n) is 3.11. The molecule has 0 amide bonds. The van der Waals surface area contributed by atoms with Crippen molar-refractivity contribution in [2.24, 2.45) is 0 Å². The van der Waals surface area contributed by atoms with Gasteiger partial charge in [-0.15, -0.1) is 11.3 Å². The SMILES string of the molecule is CCCNC1(c2nc3c(s2)CCC3)CCS(=O)(=O)CC1. The lowest BCUT2D eigenvalue weighted by Gasteiger charge is -2.36. The lowest BCUT2D eigenvalue weighted by Crippen LogP contribution is -2.48. The highest BCUT2D eigenvalue weighted by Gasteiger charge is 2.41. The molecule has 2 heterocycles. The van der Waals surface area contributed by atoms with Crippen LogP contribution in [0, 0.1) is 0 Å². The number of rotatable bonds is 4. The van der Waals surface area contributed by atoms with Gasteiger partial charge in [0.25, 0.3) is 0 Å². The van der Waals surface area contributed by atoms with Crippen molar-refractivity contribution in [2.75, 3.05) is 18.1 Å². The first-order valence-corrected chi connectivity index (χ1v) is 10.1. The second-order valence-electron chi connectivity index (χ2n) is 5.90. The summed E-state index contributed by atoms with van der Waals surface area (Å²) in [7, 11) is -2.84. The Balaban J connectivity index is 1.89. The van der Waals surface area contributed by atoms with Gasteiger partial charge < -0.3 is 5.32 Å². The van der Waals surface area contributed by atoms with Gasteiger partial charge in [0.1, 0.15) is 14.8 Å². The van der Waals surface area contributed by atoms with E-state index in [9.17, 15) is 8.42 Å². The normalized spacial score (nSPS) is 23.6. The predicted octanol–water partition coefficient (Wildman–Crippen LogP) is 2.04. The first kappa shape index (κ1) is 14.5. The Hall–Kier alpha value is -0.460. The Labute approximate surface area is 124 Å². The van der Waals surface area contributed by atoms with Crippen molar-refractivity contribution in [2.45, 2.75) is 51.0 Å². The molecule has 4 nitrogen and oxygen atoms in total. The molecule has 0 bridgehead atoms. The number of fused-ring (bicyclic) bond motifs is 1. The van der Waals surface area contributed by atoms with Crippen molar-refractivity contribution < 1.29 is 8.42 Å². The summed E-state index contributed by atoms with van der Waals surface area (Å²) in [5.41, 5.74) is 1.06. The molecule has 20 heavy (non-hydrogen) atoms. The summed E-state index contributed by atoms with van der Waals surface area (Å²) in [6.45, 7) is 3.06. The molecule has 0 aromatic carbocycles. The third-order valence-electron chi connectivity index (χ3n) is 4.40. The first-order chi connectivity index (χ1) is 9.55. The average molecular weight is 314 g/mol. The van der Waals surface area contributed by atoms with Crippen LogP contribution < -0.4 is 5.32 Å². The quantitative estimate of drug-likeness (QED) is 0.924. The van der Waals surface area contributed by atoms with E-state index >= 15 is 0 Å². The molecule has 2 aliphatic rings. The van der Waals surface area contributed by atoms with Crippen LogP contribution >= 0.6 is 11.3 Å². The molecule has 6 heteroatoms. The highest BCUT2D eigenvalue weighted by Crippen LogP contribution is 2.39. The van der Waals surface area contributed by atoms with E-state index in [4.69, 9.17) is 4.98 Å². The minimum absolute atomic E-state index is 0.198. The van der Waals surface area contributed by atoms with Gasteiger partial charge >= 0.3 is 0 Å². The topological polar surface area (TPSA) is 59.1 Å². The third kappa shape index (κ3) is 2.65. The molecule has 0 saturated carbocycles. The van der Waals surface area contributed by atoms with E-state index in [1.54, 1.807) is 0 Å². The van der Waals surface area contributed by atoms with E-state index in [0.717, 1.165) is 30.8 Å². The first-order valence-electron chi connectivity index (χ1n) is 7.49. The van der Waals surface area contributed by atoms with Gasteiger partial charge in [-0.2, -0.15) is 0 Å². The van der Waals surface area contributed by atoms with E-state index in [2.05, 4.69) is 12.2 Å². The largest absolute Gasteiger partial charge is 0.305 e. The van der Waals surface area contributed by atoms with E-state index in [1.807, 2.05) is 11.3 Å². The summed E-state index contributed by atoms with van der Waals surface area (Å²) in [6.07, 6.45) is 5.85. The van der Waals surface area contributed by atoms with Gasteiger partial charge in [-0.05, 0) is 45.1 Å². The third-order valence-corrected chi connectivity index (χ3v) is 7.41. The van der Waals surface area contributed by atoms with Gasteiger partial charge in [0.2, 0.25) is 0 Å². The Morgan fingerprint density at radius 1 is 1.30 bits per heavy atom. The smallest absolute Gasteiger partial charge is 0.150 e. The molecule has 1 aromatic heterocycles. The van der Waals surface area contributed by atoms with Gasteiger partial charge in [-0.25, -0.2) is 13.4 Å². The summed E-state index contributed by atoms with van der Waals surface area (Å²) < 4.78 is 23.5. The van der Waals surface area contributed by atoms with Crippen LogP contribution in [0.3, 0.4) is 0 Å². The van der Waals surface area contributed by atoms with E-state index in [1.165, 1.54) is 17.0 Å². The standard InChI is InChI=1S/C14H22N2O2S2/c1-2-8-15-14(6-9-20(17,18)10-7-14)13-16-11-4-3-5-12(11)19-13/h15H,2-10H2,1H3. The van der Waals surface area contributed by atoms with Crippen LogP contribution in [-0.4, -0.2) is 31.5 Å². The summed E-state index contributed by atoms with van der Waals surface area (Å²) in [4.78, 5) is 6.27. The van der Waals surface area contributed by atoms with Crippen molar-refractivity contribution in [3.05, 3.63) is 15.6 Å². The number of nitrogens with zero attached hydrogens (tertiary/aromatic N) is 1. The zero-order chi connectivity index (χ0) is 14.2. The van der Waals surface area contributed by atoms with Crippen molar-refractivity contribution >= 4 is 21.2 Å². The second-order valence-corrected chi connectivity index (χ2v) is 9.29. The Morgan fingerprint density at radius 2 is 2.05 bits per heavy atom. The average Bonchev–Trinajstić information content (AvgIpc) is 2.99. The number of hydrogen-bond acceptors (Lipinski definition) is 5. The van der Waals surface area contributed by atoms with Crippen LogP contribution in [0.15, 0.2) is 0 Å². The summed E-state index contributed by atoms with van der Waals surface area (Å²) in [5.74, 6) is 0.571.